The molecule has 6 heteroatoms. The van der Waals surface area contributed by atoms with E-state index >= 15 is 0 Å². The molecular formula is C27H20N2O4. The highest BCUT2D eigenvalue weighted by atomic mass is 16.5. The van der Waals surface area contributed by atoms with Crippen LogP contribution in [0.25, 0.3) is 10.8 Å². The molecule has 0 fully saturated rings. The topological polar surface area (TPSA) is 84.5 Å². The number of cyclic esters (lactones) is 1. The zero-order chi connectivity index (χ0) is 22.8. The average molecular weight is 436 g/mol. The third-order valence-corrected chi connectivity index (χ3v) is 5.74. The third-order valence-electron chi connectivity index (χ3n) is 5.74. The Morgan fingerprint density at radius 3 is 2.36 bits per heavy atom. The minimum Gasteiger partial charge on any atom is -0.454 e. The predicted molar refractivity (Wildman–Crippen MR) is 124 cm³/mol. The maximum Gasteiger partial charge on any atom is 0.339 e. The second kappa shape index (κ2) is 8.59. The summed E-state index contributed by atoms with van der Waals surface area (Å²) in [5.41, 5.74) is 7.83. The van der Waals surface area contributed by atoms with Gasteiger partial charge in [-0.2, -0.15) is 0 Å². The number of rotatable bonds is 3. The largest absolute Gasteiger partial charge is 0.454 e. The Labute approximate surface area is 190 Å². The summed E-state index contributed by atoms with van der Waals surface area (Å²) in [6, 6.07) is 27.3. The van der Waals surface area contributed by atoms with Crippen molar-refractivity contribution in [1.82, 2.24) is 10.9 Å². The molecule has 0 saturated carbocycles. The zero-order valence-corrected chi connectivity index (χ0v) is 17.6. The summed E-state index contributed by atoms with van der Waals surface area (Å²) < 4.78 is 5.57. The van der Waals surface area contributed by atoms with Crippen LogP contribution >= 0.6 is 0 Å². The summed E-state index contributed by atoms with van der Waals surface area (Å²) >= 11 is 0. The van der Waals surface area contributed by atoms with Gasteiger partial charge in [-0.1, -0.05) is 66.7 Å². The Hall–Kier alpha value is -4.45. The van der Waals surface area contributed by atoms with Crippen molar-refractivity contribution >= 4 is 28.6 Å². The normalized spacial score (nSPS) is 14.8. The van der Waals surface area contributed by atoms with Gasteiger partial charge in [0.2, 0.25) is 0 Å². The van der Waals surface area contributed by atoms with E-state index in [1.165, 1.54) is 0 Å². The molecule has 2 N–H and O–H groups in total. The van der Waals surface area contributed by atoms with Crippen LogP contribution in [-0.2, 0) is 11.2 Å². The van der Waals surface area contributed by atoms with Crippen LogP contribution in [0, 0.1) is 0 Å². The van der Waals surface area contributed by atoms with Crippen LogP contribution in [0.3, 0.4) is 0 Å². The van der Waals surface area contributed by atoms with Gasteiger partial charge in [0.25, 0.3) is 11.8 Å². The van der Waals surface area contributed by atoms with Crippen molar-refractivity contribution < 1.29 is 19.1 Å². The van der Waals surface area contributed by atoms with Crippen molar-refractivity contribution in [2.75, 3.05) is 0 Å². The number of ether oxygens (including phenoxy) is 1. The summed E-state index contributed by atoms with van der Waals surface area (Å²) in [5, 5.41) is 1.73. The lowest BCUT2D eigenvalue weighted by atomic mass is 9.93. The number of hydrogen-bond donors (Lipinski definition) is 2. The average Bonchev–Trinajstić information content (AvgIpc) is 2.86. The third kappa shape index (κ3) is 4.06. The number of fused-ring (bicyclic) bond motifs is 2. The lowest BCUT2D eigenvalue weighted by Crippen LogP contribution is -2.41. The molecule has 2 amide bonds. The molecule has 1 heterocycles. The van der Waals surface area contributed by atoms with Gasteiger partial charge >= 0.3 is 5.97 Å². The molecule has 4 aromatic carbocycles. The molecule has 5 rings (SSSR count). The zero-order valence-electron chi connectivity index (χ0n) is 17.6. The Bertz CT molecular complexity index is 1380. The summed E-state index contributed by atoms with van der Waals surface area (Å²) in [4.78, 5) is 37.9. The van der Waals surface area contributed by atoms with E-state index in [0.717, 1.165) is 21.9 Å². The van der Waals surface area contributed by atoms with Gasteiger partial charge in [0.05, 0.1) is 5.56 Å². The van der Waals surface area contributed by atoms with E-state index < -0.39 is 23.9 Å². The number of hydrazine groups is 1. The lowest BCUT2D eigenvalue weighted by molar-refractivity contribution is 0.0252. The summed E-state index contributed by atoms with van der Waals surface area (Å²) in [6.45, 7) is 0. The molecule has 1 atom stereocenters. The first-order valence-electron chi connectivity index (χ1n) is 10.6. The summed E-state index contributed by atoms with van der Waals surface area (Å²) in [7, 11) is 0. The van der Waals surface area contributed by atoms with Gasteiger partial charge in [-0.05, 0) is 46.2 Å². The molecule has 0 bridgehead atoms. The Morgan fingerprint density at radius 2 is 1.52 bits per heavy atom. The summed E-state index contributed by atoms with van der Waals surface area (Å²) in [6.07, 6.45) is 0.0600. The second-order valence-electron chi connectivity index (χ2n) is 7.82. The van der Waals surface area contributed by atoms with E-state index in [0.29, 0.717) is 23.1 Å². The van der Waals surface area contributed by atoms with Gasteiger partial charge in [-0.25, -0.2) is 4.79 Å². The van der Waals surface area contributed by atoms with Gasteiger partial charge in [0.15, 0.2) is 0 Å². The number of carbonyl (C=O) groups excluding carboxylic acids is 3. The monoisotopic (exact) mass is 436 g/mol. The van der Waals surface area contributed by atoms with Crippen LogP contribution in [0.4, 0.5) is 0 Å². The number of nitrogens with one attached hydrogen (secondary N) is 2. The maximum absolute atomic E-state index is 12.7. The van der Waals surface area contributed by atoms with Crippen molar-refractivity contribution in [1.29, 1.82) is 0 Å². The highest BCUT2D eigenvalue weighted by molar-refractivity contribution is 6.08. The van der Waals surface area contributed by atoms with Gasteiger partial charge in [-0.3, -0.25) is 20.4 Å². The molecule has 1 aliphatic heterocycles. The van der Waals surface area contributed by atoms with Gasteiger partial charge < -0.3 is 4.74 Å². The van der Waals surface area contributed by atoms with Crippen LogP contribution in [0.15, 0.2) is 91.0 Å². The molecule has 0 spiro atoms. The van der Waals surface area contributed by atoms with E-state index in [2.05, 4.69) is 10.9 Å². The fourth-order valence-electron chi connectivity index (χ4n) is 4.07. The Balaban J connectivity index is 1.32. The molecular weight excluding hydrogens is 416 g/mol. The van der Waals surface area contributed by atoms with Crippen LogP contribution in [-0.4, -0.2) is 17.8 Å². The number of amides is 2. The van der Waals surface area contributed by atoms with Crippen LogP contribution in [0.2, 0.25) is 0 Å². The molecule has 0 aromatic heterocycles. The number of carbonyl (C=O) groups is 3. The van der Waals surface area contributed by atoms with E-state index in [1.54, 1.807) is 30.3 Å². The van der Waals surface area contributed by atoms with Gasteiger partial charge in [0, 0.05) is 17.5 Å². The number of benzene rings is 4. The standard InChI is InChI=1S/C27H20N2O4/c30-25(28-29-26(31)23-12-6-10-17-7-4-5-11-21(17)23)19-13-14-22-20(15-19)16-24(33-27(22)32)18-8-2-1-3-9-18/h1-15,24H,16H2,(H,28,30)(H,29,31). The van der Waals surface area contributed by atoms with Crippen LogP contribution in [0.5, 0.6) is 0 Å². The molecule has 0 aliphatic carbocycles. The van der Waals surface area contributed by atoms with Gasteiger partial charge in [0.1, 0.15) is 6.10 Å². The molecule has 1 aliphatic rings. The molecule has 0 saturated heterocycles. The minimum atomic E-state index is -0.471. The highest BCUT2D eigenvalue weighted by Crippen LogP contribution is 2.31. The van der Waals surface area contributed by atoms with Crippen molar-refractivity contribution in [2.45, 2.75) is 12.5 Å². The van der Waals surface area contributed by atoms with Crippen molar-refractivity contribution in [3.63, 3.8) is 0 Å². The van der Waals surface area contributed by atoms with E-state index in [1.807, 2.05) is 60.7 Å². The Kier molecular flexibility index (Phi) is 5.32. The smallest absolute Gasteiger partial charge is 0.339 e. The Morgan fingerprint density at radius 1 is 0.788 bits per heavy atom. The molecule has 0 radical (unpaired) electrons. The molecule has 1 unspecified atom stereocenters. The highest BCUT2D eigenvalue weighted by Gasteiger charge is 2.28. The number of esters is 1. The lowest BCUT2D eigenvalue weighted by Gasteiger charge is -2.25. The second-order valence-corrected chi connectivity index (χ2v) is 7.82. The van der Waals surface area contributed by atoms with Crippen molar-refractivity contribution in [3.8, 4) is 0 Å². The maximum atomic E-state index is 12.7. The van der Waals surface area contributed by atoms with Crippen molar-refractivity contribution in [3.05, 3.63) is 119 Å². The van der Waals surface area contributed by atoms with Crippen LogP contribution < -0.4 is 10.9 Å². The first kappa shape index (κ1) is 20.5. The summed E-state index contributed by atoms with van der Waals surface area (Å²) in [5.74, 6) is -1.30. The predicted octanol–water partition coefficient (Wildman–Crippen LogP) is 4.37. The molecule has 33 heavy (non-hydrogen) atoms. The van der Waals surface area contributed by atoms with E-state index in [-0.39, 0.29) is 0 Å². The molecule has 162 valence electrons. The SMILES string of the molecule is O=C(NNC(=O)c1cccc2ccccc12)c1ccc2c(c1)CC(c1ccccc1)OC2=O. The van der Waals surface area contributed by atoms with Gasteiger partial charge in [-0.15, -0.1) is 0 Å². The fourth-order valence-corrected chi connectivity index (χ4v) is 4.07. The van der Waals surface area contributed by atoms with Crippen molar-refractivity contribution in [2.24, 2.45) is 0 Å². The molecule has 4 aromatic rings. The van der Waals surface area contributed by atoms with Crippen LogP contribution in [0.1, 0.15) is 48.3 Å². The first-order valence-corrected chi connectivity index (χ1v) is 10.6. The fraction of sp³-hybridized carbons (Fsp3) is 0.0741. The quantitative estimate of drug-likeness (QED) is 0.369. The minimum absolute atomic E-state index is 0.341. The van der Waals surface area contributed by atoms with E-state index in [4.69, 9.17) is 4.74 Å². The first-order chi connectivity index (χ1) is 16.1. The van der Waals surface area contributed by atoms with E-state index in [9.17, 15) is 14.4 Å². The molecule has 6 nitrogen and oxygen atoms in total. The number of hydrogen-bond acceptors (Lipinski definition) is 4.